The number of nitrogens with zero attached hydrogens (tertiary/aromatic N) is 1. The number of hydrogen-bond donors (Lipinski definition) is 0. The molecule has 0 aliphatic carbocycles. The Morgan fingerprint density at radius 3 is 2.59 bits per heavy atom. The van der Waals surface area contributed by atoms with Crippen LogP contribution >= 0.6 is 0 Å². The summed E-state index contributed by atoms with van der Waals surface area (Å²) in [6.07, 6.45) is 9.43. The van der Waals surface area contributed by atoms with Gasteiger partial charge in [-0.15, -0.1) is 0 Å². The first-order valence-corrected chi connectivity index (χ1v) is 5.71. The maximum Gasteiger partial charge on any atom is 0.0698 e. The van der Waals surface area contributed by atoms with Gasteiger partial charge in [-0.1, -0.05) is 44.9 Å². The predicted molar refractivity (Wildman–Crippen MR) is 76.8 cm³/mol. The molecule has 0 radical (unpaired) electrons. The highest BCUT2D eigenvalue weighted by Gasteiger charge is 2.12. The Morgan fingerprint density at radius 2 is 2.06 bits per heavy atom. The smallest absolute Gasteiger partial charge is 0.0698 e. The zero-order valence-corrected chi connectivity index (χ0v) is 10.6. The van der Waals surface area contributed by atoms with E-state index in [0.29, 0.717) is 0 Å². The summed E-state index contributed by atoms with van der Waals surface area (Å²) in [6.45, 7) is 15.8. The van der Waals surface area contributed by atoms with Crippen LogP contribution in [0, 0.1) is 0 Å². The predicted octanol–water partition coefficient (Wildman–Crippen LogP) is 4.60. The molecule has 0 saturated carbocycles. The summed E-state index contributed by atoms with van der Waals surface area (Å²) in [4.78, 5) is 4.28. The third-order valence-corrected chi connectivity index (χ3v) is 2.86. The fourth-order valence-corrected chi connectivity index (χ4v) is 1.83. The summed E-state index contributed by atoms with van der Waals surface area (Å²) in [5.74, 6) is 0.251. The largest absolute Gasteiger partial charge is 0.256 e. The zero-order chi connectivity index (χ0) is 12.8. The van der Waals surface area contributed by atoms with Crippen molar-refractivity contribution >= 4 is 12.2 Å². The molecule has 1 heteroatoms. The van der Waals surface area contributed by atoms with Crippen molar-refractivity contribution in [3.63, 3.8) is 0 Å². The van der Waals surface area contributed by atoms with Gasteiger partial charge in [-0.3, -0.25) is 4.98 Å². The lowest BCUT2D eigenvalue weighted by Gasteiger charge is -2.16. The van der Waals surface area contributed by atoms with E-state index in [9.17, 15) is 0 Å². The Kier molecular flexibility index (Phi) is 4.65. The molecule has 0 spiro atoms. The van der Waals surface area contributed by atoms with E-state index in [4.69, 9.17) is 0 Å². The molecule has 1 unspecified atom stereocenters. The van der Waals surface area contributed by atoms with Crippen LogP contribution in [0.15, 0.2) is 49.7 Å². The lowest BCUT2D eigenvalue weighted by Crippen LogP contribution is -2.01. The molecule has 0 bridgehead atoms. The van der Waals surface area contributed by atoms with E-state index < -0.39 is 0 Å². The van der Waals surface area contributed by atoms with Gasteiger partial charge >= 0.3 is 0 Å². The number of hydrogen-bond acceptors (Lipinski definition) is 1. The van der Waals surface area contributed by atoms with Gasteiger partial charge in [0.1, 0.15) is 0 Å². The zero-order valence-electron chi connectivity index (χ0n) is 10.6. The minimum absolute atomic E-state index is 0.251. The van der Waals surface area contributed by atoms with Crippen LogP contribution in [-0.2, 0) is 0 Å². The van der Waals surface area contributed by atoms with Crippen LogP contribution in [0.25, 0.3) is 12.2 Å². The van der Waals surface area contributed by atoms with E-state index in [1.807, 2.05) is 31.2 Å². The van der Waals surface area contributed by atoms with Crippen LogP contribution < -0.4 is 0 Å². The van der Waals surface area contributed by atoms with Gasteiger partial charge in [-0.05, 0) is 30.2 Å². The molecular weight excluding hydrogens is 206 g/mol. The highest BCUT2D eigenvalue weighted by atomic mass is 14.7. The molecule has 1 nitrogen and oxygen atoms in total. The monoisotopic (exact) mass is 225 g/mol. The Labute approximate surface area is 104 Å². The van der Waals surface area contributed by atoms with Crippen molar-refractivity contribution in [3.8, 4) is 0 Å². The maximum atomic E-state index is 4.28. The van der Waals surface area contributed by atoms with Crippen molar-refractivity contribution in [2.75, 3.05) is 0 Å². The molecule has 0 aliphatic heterocycles. The van der Waals surface area contributed by atoms with Crippen LogP contribution in [0.5, 0.6) is 0 Å². The van der Waals surface area contributed by atoms with Crippen LogP contribution in [0.2, 0.25) is 0 Å². The second-order valence-electron chi connectivity index (χ2n) is 3.90. The lowest BCUT2D eigenvalue weighted by atomic mass is 9.89. The summed E-state index contributed by atoms with van der Waals surface area (Å²) in [5.41, 5.74) is 4.18. The summed E-state index contributed by atoms with van der Waals surface area (Å²) < 4.78 is 0. The van der Waals surface area contributed by atoms with Gasteiger partial charge in [0.2, 0.25) is 0 Å². The van der Waals surface area contributed by atoms with Gasteiger partial charge in [0.15, 0.2) is 0 Å². The number of allylic oxidation sites excluding steroid dienone is 3. The molecule has 0 aliphatic rings. The summed E-state index contributed by atoms with van der Waals surface area (Å²) >= 11 is 0. The van der Waals surface area contributed by atoms with Gasteiger partial charge in [-0.2, -0.15) is 0 Å². The van der Waals surface area contributed by atoms with E-state index >= 15 is 0 Å². The third-order valence-electron chi connectivity index (χ3n) is 2.86. The second kappa shape index (κ2) is 6.00. The molecule has 1 aromatic heterocycles. The van der Waals surface area contributed by atoms with Crippen molar-refractivity contribution in [2.45, 2.75) is 19.8 Å². The number of rotatable bonds is 5. The third kappa shape index (κ3) is 2.82. The van der Waals surface area contributed by atoms with Crippen molar-refractivity contribution in [3.05, 3.63) is 66.5 Å². The lowest BCUT2D eigenvalue weighted by molar-refractivity contribution is 0.915. The molecule has 1 atom stereocenters. The molecule has 1 rings (SSSR count). The normalized spacial score (nSPS) is 12.4. The van der Waals surface area contributed by atoms with Crippen LogP contribution in [0.1, 0.15) is 36.6 Å². The van der Waals surface area contributed by atoms with E-state index in [-0.39, 0.29) is 5.92 Å². The van der Waals surface area contributed by atoms with Crippen LogP contribution in [0.4, 0.5) is 0 Å². The molecular formula is C16H19N. The Bertz CT molecular complexity index is 466. The van der Waals surface area contributed by atoms with Crippen molar-refractivity contribution in [1.29, 1.82) is 0 Å². The van der Waals surface area contributed by atoms with Gasteiger partial charge in [0.05, 0.1) is 5.69 Å². The molecule has 0 N–H and O–H groups in total. The molecule has 17 heavy (non-hydrogen) atoms. The first-order valence-electron chi connectivity index (χ1n) is 5.71. The standard InChI is InChI=1S/C16H19N/c1-6-9-12(4)13(5)15-10-11-17-16(8-3)14(15)7-2/h6-11,13H,2-4H2,1,5H3/b9-6-. The topological polar surface area (TPSA) is 12.9 Å². The van der Waals surface area contributed by atoms with Crippen LogP contribution in [-0.4, -0.2) is 4.98 Å². The SMILES string of the molecule is C=Cc1nccc(C(C)C(=C)/C=C\C)c1C=C. The van der Waals surface area contributed by atoms with Crippen molar-refractivity contribution in [2.24, 2.45) is 0 Å². The van der Waals surface area contributed by atoms with Gasteiger partial charge in [0.25, 0.3) is 0 Å². The first-order chi connectivity index (χ1) is 8.15. The minimum Gasteiger partial charge on any atom is -0.256 e. The second-order valence-corrected chi connectivity index (χ2v) is 3.90. The summed E-state index contributed by atoms with van der Waals surface area (Å²) in [7, 11) is 0. The highest BCUT2D eigenvalue weighted by Crippen LogP contribution is 2.28. The Hall–Kier alpha value is -1.89. The summed E-state index contributed by atoms with van der Waals surface area (Å²) in [5, 5.41) is 0. The Balaban J connectivity index is 3.26. The van der Waals surface area contributed by atoms with Gasteiger partial charge < -0.3 is 0 Å². The van der Waals surface area contributed by atoms with Crippen molar-refractivity contribution < 1.29 is 0 Å². The number of pyridine rings is 1. The maximum absolute atomic E-state index is 4.28. The molecule has 88 valence electrons. The molecule has 0 fully saturated rings. The first kappa shape index (κ1) is 13.2. The average Bonchev–Trinajstić information content (AvgIpc) is 2.36. The van der Waals surface area contributed by atoms with E-state index in [1.54, 1.807) is 12.3 Å². The quantitative estimate of drug-likeness (QED) is 0.667. The van der Waals surface area contributed by atoms with E-state index in [0.717, 1.165) is 16.8 Å². The van der Waals surface area contributed by atoms with E-state index in [1.165, 1.54) is 5.56 Å². The van der Waals surface area contributed by atoms with E-state index in [2.05, 4.69) is 31.6 Å². The van der Waals surface area contributed by atoms with Crippen LogP contribution in [0.3, 0.4) is 0 Å². The Morgan fingerprint density at radius 1 is 1.35 bits per heavy atom. The molecule has 1 aromatic rings. The highest BCUT2D eigenvalue weighted by molar-refractivity contribution is 5.64. The summed E-state index contributed by atoms with van der Waals surface area (Å²) in [6, 6.07) is 2.02. The molecule has 1 heterocycles. The van der Waals surface area contributed by atoms with Gasteiger partial charge in [-0.25, -0.2) is 0 Å². The number of aromatic nitrogens is 1. The van der Waals surface area contributed by atoms with Gasteiger partial charge in [0, 0.05) is 17.7 Å². The minimum atomic E-state index is 0.251. The fourth-order valence-electron chi connectivity index (χ4n) is 1.83. The molecule has 0 aromatic carbocycles. The average molecular weight is 225 g/mol. The molecule has 0 saturated heterocycles. The fraction of sp³-hybridized carbons (Fsp3) is 0.188. The molecule has 0 amide bonds. The van der Waals surface area contributed by atoms with Crippen molar-refractivity contribution in [1.82, 2.24) is 4.98 Å².